The van der Waals surface area contributed by atoms with Crippen LogP contribution in [0.1, 0.15) is 24.1 Å². The predicted octanol–water partition coefficient (Wildman–Crippen LogP) is 4.95. The molecule has 3 nitrogen and oxygen atoms in total. The van der Waals surface area contributed by atoms with Gasteiger partial charge in [0.05, 0.1) is 20.3 Å². The first-order valence-electron chi connectivity index (χ1n) is 6.79. The minimum atomic E-state index is 0.0917. The Labute approximate surface area is 134 Å². The molecule has 0 amide bonds. The Kier molecular flexibility index (Phi) is 5.12. The lowest BCUT2D eigenvalue weighted by Crippen LogP contribution is -2.09. The van der Waals surface area contributed by atoms with Gasteiger partial charge in [-0.3, -0.25) is 0 Å². The van der Waals surface area contributed by atoms with Crippen LogP contribution < -0.4 is 14.8 Å². The summed E-state index contributed by atoms with van der Waals surface area (Å²) in [5, 5.41) is 3.50. The van der Waals surface area contributed by atoms with E-state index in [1.807, 2.05) is 18.2 Å². The molecule has 0 spiro atoms. The van der Waals surface area contributed by atoms with Gasteiger partial charge in [0.25, 0.3) is 0 Å². The van der Waals surface area contributed by atoms with Crippen LogP contribution in [0.5, 0.6) is 11.5 Å². The van der Waals surface area contributed by atoms with Crippen molar-refractivity contribution in [1.29, 1.82) is 0 Å². The summed E-state index contributed by atoms with van der Waals surface area (Å²) < 4.78 is 11.8. The van der Waals surface area contributed by atoms with Gasteiger partial charge in [-0.15, -0.1) is 0 Å². The van der Waals surface area contributed by atoms with Crippen LogP contribution >= 0.6 is 15.9 Å². The molecule has 1 N–H and O–H groups in total. The molecule has 0 aliphatic rings. The van der Waals surface area contributed by atoms with E-state index in [1.54, 1.807) is 14.2 Å². The van der Waals surface area contributed by atoms with Gasteiger partial charge in [0.2, 0.25) is 0 Å². The number of halogens is 1. The quantitative estimate of drug-likeness (QED) is 0.828. The second kappa shape index (κ2) is 6.85. The first-order valence-corrected chi connectivity index (χ1v) is 7.59. The average Bonchev–Trinajstić information content (AvgIpc) is 2.49. The van der Waals surface area contributed by atoms with Gasteiger partial charge < -0.3 is 14.8 Å². The van der Waals surface area contributed by atoms with Crippen LogP contribution in [0.15, 0.2) is 40.9 Å². The predicted molar refractivity (Wildman–Crippen MR) is 90.5 cm³/mol. The summed E-state index contributed by atoms with van der Waals surface area (Å²) in [5.41, 5.74) is 3.33. The third-order valence-corrected chi connectivity index (χ3v) is 4.06. The Hall–Kier alpha value is -1.68. The third-order valence-electron chi connectivity index (χ3n) is 3.40. The molecule has 4 heteroatoms. The zero-order chi connectivity index (χ0) is 15.4. The Bertz CT molecular complexity index is 628. The molecule has 2 rings (SSSR count). The molecule has 0 aliphatic heterocycles. The summed E-state index contributed by atoms with van der Waals surface area (Å²) in [6, 6.07) is 12.2. The molecule has 0 saturated heterocycles. The molecule has 0 heterocycles. The number of ether oxygens (including phenoxy) is 2. The summed E-state index contributed by atoms with van der Waals surface area (Å²) in [4.78, 5) is 0. The summed E-state index contributed by atoms with van der Waals surface area (Å²) in [5.74, 6) is 1.67. The largest absolute Gasteiger partial charge is 0.497 e. The van der Waals surface area contributed by atoms with E-state index in [-0.39, 0.29) is 6.04 Å². The van der Waals surface area contributed by atoms with Crippen LogP contribution in [0, 0.1) is 6.92 Å². The van der Waals surface area contributed by atoms with Crippen LogP contribution in [0.4, 0.5) is 5.69 Å². The monoisotopic (exact) mass is 349 g/mol. The second-order valence-corrected chi connectivity index (χ2v) is 5.81. The lowest BCUT2D eigenvalue weighted by atomic mass is 10.1. The Morgan fingerprint density at radius 3 is 2.43 bits per heavy atom. The zero-order valence-corrected chi connectivity index (χ0v) is 14.3. The van der Waals surface area contributed by atoms with E-state index in [9.17, 15) is 0 Å². The average molecular weight is 350 g/mol. The van der Waals surface area contributed by atoms with E-state index >= 15 is 0 Å². The molecule has 112 valence electrons. The molecule has 0 bridgehead atoms. The van der Waals surface area contributed by atoms with Crippen molar-refractivity contribution in [1.82, 2.24) is 0 Å². The van der Waals surface area contributed by atoms with Crippen LogP contribution in [-0.4, -0.2) is 14.2 Å². The van der Waals surface area contributed by atoms with Crippen molar-refractivity contribution in [2.75, 3.05) is 19.5 Å². The first kappa shape index (κ1) is 15.7. The minimum Gasteiger partial charge on any atom is -0.497 e. The van der Waals surface area contributed by atoms with E-state index in [0.717, 1.165) is 27.2 Å². The highest BCUT2D eigenvalue weighted by Crippen LogP contribution is 2.33. The molecule has 1 atom stereocenters. The highest BCUT2D eigenvalue weighted by atomic mass is 79.9. The first-order chi connectivity index (χ1) is 10.0. The van der Waals surface area contributed by atoms with E-state index in [0.29, 0.717) is 0 Å². The van der Waals surface area contributed by atoms with Crippen molar-refractivity contribution in [2.45, 2.75) is 19.9 Å². The molecule has 1 unspecified atom stereocenters. The number of hydrogen-bond donors (Lipinski definition) is 1. The Morgan fingerprint density at radius 2 is 1.81 bits per heavy atom. The fourth-order valence-corrected chi connectivity index (χ4v) is 2.83. The fourth-order valence-electron chi connectivity index (χ4n) is 2.23. The number of aryl methyl sites for hydroxylation is 1. The molecular weight excluding hydrogens is 330 g/mol. The molecule has 0 fully saturated rings. The molecule has 0 aliphatic carbocycles. The van der Waals surface area contributed by atoms with Gasteiger partial charge in [0.15, 0.2) is 0 Å². The van der Waals surface area contributed by atoms with E-state index < -0.39 is 0 Å². The summed E-state index contributed by atoms with van der Waals surface area (Å²) >= 11 is 3.59. The van der Waals surface area contributed by atoms with Crippen molar-refractivity contribution in [3.05, 3.63) is 52.0 Å². The third kappa shape index (κ3) is 3.70. The van der Waals surface area contributed by atoms with Gasteiger partial charge in [-0.1, -0.05) is 6.07 Å². The molecule has 0 saturated carbocycles. The van der Waals surface area contributed by atoms with Gasteiger partial charge >= 0.3 is 0 Å². The lowest BCUT2D eigenvalue weighted by molar-refractivity contribution is 0.397. The van der Waals surface area contributed by atoms with Crippen molar-refractivity contribution >= 4 is 21.6 Å². The summed E-state index contributed by atoms with van der Waals surface area (Å²) in [6.07, 6.45) is 0. The highest BCUT2D eigenvalue weighted by Gasteiger charge is 2.14. The number of nitrogens with one attached hydrogen (secondary N) is 1. The fraction of sp³-hybridized carbons (Fsp3) is 0.294. The van der Waals surface area contributed by atoms with Gasteiger partial charge in [-0.05, 0) is 65.7 Å². The van der Waals surface area contributed by atoms with Crippen molar-refractivity contribution < 1.29 is 9.47 Å². The van der Waals surface area contributed by atoms with Crippen LogP contribution in [0.3, 0.4) is 0 Å². The maximum Gasteiger partial charge on any atom is 0.124 e. The number of hydrogen-bond acceptors (Lipinski definition) is 3. The molecule has 21 heavy (non-hydrogen) atoms. The van der Waals surface area contributed by atoms with Gasteiger partial charge in [-0.2, -0.15) is 0 Å². The maximum atomic E-state index is 5.45. The second-order valence-electron chi connectivity index (χ2n) is 4.96. The Balaban J connectivity index is 2.28. The van der Waals surface area contributed by atoms with E-state index in [4.69, 9.17) is 9.47 Å². The van der Waals surface area contributed by atoms with Gasteiger partial charge in [-0.25, -0.2) is 0 Å². The van der Waals surface area contributed by atoms with Crippen LogP contribution in [0.25, 0.3) is 0 Å². The topological polar surface area (TPSA) is 30.5 Å². The van der Waals surface area contributed by atoms with E-state index in [2.05, 4.69) is 53.3 Å². The van der Waals surface area contributed by atoms with Crippen LogP contribution in [0.2, 0.25) is 0 Å². The smallest absolute Gasteiger partial charge is 0.124 e. The van der Waals surface area contributed by atoms with Gasteiger partial charge in [0.1, 0.15) is 11.5 Å². The molecule has 2 aromatic rings. The maximum absolute atomic E-state index is 5.45. The SMILES string of the molecule is COc1ccc(OC)c(C(C)Nc2ccc(C)cc2Br)c1. The standard InChI is InChI=1S/C17H20BrNO2/c1-11-5-7-16(15(18)9-11)19-12(2)14-10-13(20-3)6-8-17(14)21-4/h5-10,12,19H,1-4H3. The minimum absolute atomic E-state index is 0.0917. The zero-order valence-electron chi connectivity index (χ0n) is 12.7. The van der Waals surface area contributed by atoms with Crippen molar-refractivity contribution in [3.63, 3.8) is 0 Å². The van der Waals surface area contributed by atoms with E-state index in [1.165, 1.54) is 5.56 Å². The number of benzene rings is 2. The molecule has 0 radical (unpaired) electrons. The van der Waals surface area contributed by atoms with Crippen molar-refractivity contribution in [3.8, 4) is 11.5 Å². The van der Waals surface area contributed by atoms with Gasteiger partial charge in [0, 0.05) is 15.7 Å². The normalized spacial score (nSPS) is 11.9. The molecule has 0 aromatic heterocycles. The summed E-state index contributed by atoms with van der Waals surface area (Å²) in [6.45, 7) is 4.17. The highest BCUT2D eigenvalue weighted by molar-refractivity contribution is 9.10. The molecular formula is C17H20BrNO2. The lowest BCUT2D eigenvalue weighted by Gasteiger charge is -2.20. The molecule has 2 aromatic carbocycles. The van der Waals surface area contributed by atoms with Crippen molar-refractivity contribution in [2.24, 2.45) is 0 Å². The Morgan fingerprint density at radius 1 is 1.05 bits per heavy atom. The van der Waals surface area contributed by atoms with Crippen LogP contribution in [-0.2, 0) is 0 Å². The number of methoxy groups -OCH3 is 2. The summed E-state index contributed by atoms with van der Waals surface area (Å²) in [7, 11) is 3.35. The number of rotatable bonds is 5. The number of anilines is 1.